The van der Waals surface area contributed by atoms with Crippen molar-refractivity contribution in [2.45, 2.75) is 45.3 Å². The topological polar surface area (TPSA) is 78.7 Å². The van der Waals surface area contributed by atoms with Gasteiger partial charge in [-0.2, -0.15) is 5.10 Å². The van der Waals surface area contributed by atoms with Crippen molar-refractivity contribution in [3.63, 3.8) is 0 Å². The van der Waals surface area contributed by atoms with Crippen LogP contribution < -0.4 is 0 Å². The molecule has 0 spiro atoms. The molecule has 0 aliphatic carbocycles. The Labute approximate surface area is 185 Å². The zero-order chi connectivity index (χ0) is 22.3. The van der Waals surface area contributed by atoms with E-state index in [1.54, 1.807) is 28.8 Å². The largest absolute Gasteiger partial charge is 0.480 e. The van der Waals surface area contributed by atoms with E-state index in [2.05, 4.69) is 5.10 Å². The summed E-state index contributed by atoms with van der Waals surface area (Å²) >= 11 is 5.86. The predicted molar refractivity (Wildman–Crippen MR) is 113 cm³/mol. The van der Waals surface area contributed by atoms with Gasteiger partial charge in [0.1, 0.15) is 11.9 Å². The van der Waals surface area contributed by atoms with E-state index in [9.17, 15) is 19.1 Å². The molecule has 1 amide bonds. The van der Waals surface area contributed by atoms with Crippen LogP contribution in [0.5, 0.6) is 0 Å². The van der Waals surface area contributed by atoms with Crippen LogP contribution in [0.25, 0.3) is 0 Å². The Morgan fingerprint density at radius 3 is 2.81 bits per heavy atom. The van der Waals surface area contributed by atoms with Gasteiger partial charge in [-0.05, 0) is 50.4 Å². The third-order valence-corrected chi connectivity index (χ3v) is 6.65. The number of hydrogen-bond donors (Lipinski definition) is 1. The Balaban J connectivity index is 1.46. The number of likely N-dealkylation sites (N-methyl/N-ethyl adjacent to an activating group) is 1. The maximum Gasteiger partial charge on any atom is 0.320 e. The molecule has 0 saturated carbocycles. The molecular formula is C22H26ClFN4O3. The molecule has 0 bridgehead atoms. The molecule has 1 saturated heterocycles. The molecule has 1 aromatic heterocycles. The summed E-state index contributed by atoms with van der Waals surface area (Å²) in [6, 6.07) is 4.08. The lowest BCUT2D eigenvalue weighted by Crippen LogP contribution is -2.38. The molecule has 1 fully saturated rings. The number of aliphatic carboxylic acids is 1. The highest BCUT2D eigenvalue weighted by Crippen LogP contribution is 2.28. The number of carboxylic acids is 1. The molecule has 3 heterocycles. The SMILES string of the molecule is Cc1nn(Cc2ccc(Cl)cc2F)c2c1CCN(C(=O)CC1C[C@H](C(=O)O)N(C)C1)C2. The zero-order valence-corrected chi connectivity index (χ0v) is 18.4. The number of benzene rings is 1. The van der Waals surface area contributed by atoms with Gasteiger partial charge in [0.2, 0.25) is 5.91 Å². The number of hydrogen-bond acceptors (Lipinski definition) is 4. The van der Waals surface area contributed by atoms with E-state index in [1.807, 2.05) is 11.8 Å². The van der Waals surface area contributed by atoms with E-state index in [0.717, 1.165) is 17.0 Å². The number of aryl methyl sites for hydroxylation is 1. The lowest BCUT2D eigenvalue weighted by atomic mass is 9.99. The summed E-state index contributed by atoms with van der Waals surface area (Å²) in [7, 11) is 1.79. The molecular weight excluding hydrogens is 423 g/mol. The van der Waals surface area contributed by atoms with Crippen molar-refractivity contribution in [2.75, 3.05) is 20.1 Å². The molecule has 2 aliphatic heterocycles. The minimum absolute atomic E-state index is 0.0261. The highest BCUT2D eigenvalue weighted by atomic mass is 35.5. The van der Waals surface area contributed by atoms with Gasteiger partial charge < -0.3 is 10.0 Å². The number of aromatic nitrogens is 2. The summed E-state index contributed by atoms with van der Waals surface area (Å²) in [5.74, 6) is -1.15. The quantitative estimate of drug-likeness (QED) is 0.760. The van der Waals surface area contributed by atoms with Gasteiger partial charge in [-0.15, -0.1) is 0 Å². The van der Waals surface area contributed by atoms with Crippen LogP contribution >= 0.6 is 11.6 Å². The van der Waals surface area contributed by atoms with E-state index in [4.69, 9.17) is 11.6 Å². The number of likely N-dealkylation sites (tertiary alicyclic amines) is 1. The predicted octanol–water partition coefficient (Wildman–Crippen LogP) is 2.71. The molecule has 1 unspecified atom stereocenters. The number of rotatable bonds is 5. The van der Waals surface area contributed by atoms with Crippen molar-refractivity contribution in [1.82, 2.24) is 19.6 Å². The Bertz CT molecular complexity index is 1020. The van der Waals surface area contributed by atoms with Crippen LogP contribution in [0.2, 0.25) is 5.02 Å². The van der Waals surface area contributed by atoms with Crippen LogP contribution in [0.4, 0.5) is 4.39 Å². The van der Waals surface area contributed by atoms with E-state index >= 15 is 0 Å². The maximum absolute atomic E-state index is 14.3. The summed E-state index contributed by atoms with van der Waals surface area (Å²) in [5.41, 5.74) is 3.44. The molecule has 31 heavy (non-hydrogen) atoms. The van der Waals surface area contributed by atoms with Crippen LogP contribution in [0.15, 0.2) is 18.2 Å². The van der Waals surface area contributed by atoms with Crippen LogP contribution in [-0.4, -0.2) is 62.7 Å². The second-order valence-electron chi connectivity index (χ2n) is 8.57. The minimum atomic E-state index is -0.839. The molecule has 2 atom stereocenters. The number of carbonyl (C=O) groups excluding carboxylic acids is 1. The van der Waals surface area contributed by atoms with Gasteiger partial charge >= 0.3 is 5.97 Å². The number of amides is 1. The monoisotopic (exact) mass is 448 g/mol. The summed E-state index contributed by atoms with van der Waals surface area (Å²) in [6.45, 7) is 3.85. The fourth-order valence-corrected chi connectivity index (χ4v) is 4.91. The van der Waals surface area contributed by atoms with Gasteiger partial charge in [0, 0.05) is 30.1 Å². The first-order valence-electron chi connectivity index (χ1n) is 10.4. The second kappa shape index (κ2) is 8.59. The summed E-state index contributed by atoms with van der Waals surface area (Å²) in [5, 5.41) is 14.2. The molecule has 2 aliphatic rings. The number of carbonyl (C=O) groups is 2. The van der Waals surface area contributed by atoms with E-state index < -0.39 is 12.0 Å². The first kappa shape index (κ1) is 21.8. The summed E-state index contributed by atoms with van der Waals surface area (Å²) in [4.78, 5) is 27.9. The third-order valence-electron chi connectivity index (χ3n) is 6.41. The second-order valence-corrected chi connectivity index (χ2v) is 9.01. The van der Waals surface area contributed by atoms with Crippen LogP contribution in [0.1, 0.15) is 35.4 Å². The Kier molecular flexibility index (Phi) is 6.03. The van der Waals surface area contributed by atoms with Crippen molar-refractivity contribution in [3.8, 4) is 0 Å². The number of halogens is 2. The highest BCUT2D eigenvalue weighted by molar-refractivity contribution is 6.30. The van der Waals surface area contributed by atoms with Crippen LogP contribution in [-0.2, 0) is 29.1 Å². The molecule has 9 heteroatoms. The van der Waals surface area contributed by atoms with Crippen molar-refractivity contribution < 1.29 is 19.1 Å². The van der Waals surface area contributed by atoms with Crippen molar-refractivity contribution in [3.05, 3.63) is 51.6 Å². The lowest BCUT2D eigenvalue weighted by molar-refractivity contribution is -0.141. The average molecular weight is 449 g/mol. The first-order valence-corrected chi connectivity index (χ1v) is 10.8. The standard InChI is InChI=1S/C22H26ClFN4O3/c1-13-17-5-6-27(21(29)8-14-7-19(22(30)31)26(2)10-14)12-20(17)28(25-13)11-15-3-4-16(23)9-18(15)24/h3-4,9,14,19H,5-8,10-12H2,1-2H3,(H,30,31)/t14?,19-/m1/s1. The van der Waals surface area contributed by atoms with Gasteiger partial charge in [0.15, 0.2) is 0 Å². The van der Waals surface area contributed by atoms with Crippen molar-refractivity contribution in [1.29, 1.82) is 0 Å². The van der Waals surface area contributed by atoms with E-state index in [1.165, 1.54) is 6.07 Å². The van der Waals surface area contributed by atoms with Gasteiger partial charge in [-0.1, -0.05) is 17.7 Å². The number of fused-ring (bicyclic) bond motifs is 1. The zero-order valence-electron chi connectivity index (χ0n) is 17.6. The van der Waals surface area contributed by atoms with Gasteiger partial charge in [-0.25, -0.2) is 4.39 Å². The molecule has 7 nitrogen and oxygen atoms in total. The first-order chi connectivity index (χ1) is 14.7. The van der Waals surface area contributed by atoms with Gasteiger partial charge in [0.25, 0.3) is 0 Å². The Morgan fingerprint density at radius 2 is 2.13 bits per heavy atom. The highest BCUT2D eigenvalue weighted by Gasteiger charge is 2.36. The van der Waals surface area contributed by atoms with Crippen LogP contribution in [0, 0.1) is 18.7 Å². The Morgan fingerprint density at radius 1 is 1.35 bits per heavy atom. The van der Waals surface area contributed by atoms with E-state index in [0.29, 0.717) is 49.5 Å². The molecule has 1 N–H and O–H groups in total. The van der Waals surface area contributed by atoms with E-state index in [-0.39, 0.29) is 24.2 Å². The summed E-state index contributed by atoms with van der Waals surface area (Å²) < 4.78 is 16.1. The van der Waals surface area contributed by atoms with Crippen LogP contribution in [0.3, 0.4) is 0 Å². The van der Waals surface area contributed by atoms with Crippen molar-refractivity contribution in [2.24, 2.45) is 5.92 Å². The normalized spacial score (nSPS) is 21.4. The minimum Gasteiger partial charge on any atom is -0.480 e. The smallest absolute Gasteiger partial charge is 0.320 e. The maximum atomic E-state index is 14.3. The molecule has 4 rings (SSSR count). The van der Waals surface area contributed by atoms with Crippen molar-refractivity contribution >= 4 is 23.5 Å². The molecule has 1 aromatic carbocycles. The number of nitrogens with zero attached hydrogens (tertiary/aromatic N) is 4. The summed E-state index contributed by atoms with van der Waals surface area (Å²) in [6.07, 6.45) is 1.53. The lowest BCUT2D eigenvalue weighted by Gasteiger charge is -2.29. The molecule has 166 valence electrons. The number of carboxylic acid groups (broad SMARTS) is 1. The van der Waals surface area contributed by atoms with Gasteiger partial charge in [-0.3, -0.25) is 19.2 Å². The molecule has 0 radical (unpaired) electrons. The average Bonchev–Trinajstić information content (AvgIpc) is 3.23. The molecule has 2 aromatic rings. The van der Waals surface area contributed by atoms with Gasteiger partial charge in [0.05, 0.1) is 24.5 Å². The fourth-order valence-electron chi connectivity index (χ4n) is 4.75. The Hall–Kier alpha value is -2.45. The third kappa shape index (κ3) is 4.45. The fraction of sp³-hybridized carbons (Fsp3) is 0.500.